The van der Waals surface area contributed by atoms with E-state index in [1.54, 1.807) is 18.1 Å². The van der Waals surface area contributed by atoms with Gasteiger partial charge in [0.1, 0.15) is 11.3 Å². The van der Waals surface area contributed by atoms with E-state index in [0.717, 1.165) is 28.1 Å². The molecular weight excluding hydrogens is 364 g/mol. The molecule has 0 fully saturated rings. The van der Waals surface area contributed by atoms with Crippen LogP contribution < -0.4 is 0 Å². The summed E-state index contributed by atoms with van der Waals surface area (Å²) in [5.74, 6) is 2.09. The highest BCUT2D eigenvalue weighted by molar-refractivity contribution is 5.79. The predicted molar refractivity (Wildman–Crippen MR) is 112 cm³/mol. The van der Waals surface area contributed by atoms with Crippen molar-refractivity contribution in [2.45, 2.75) is 32.7 Å². The molecule has 1 atom stereocenters. The van der Waals surface area contributed by atoms with Crippen molar-refractivity contribution in [3.8, 4) is 11.3 Å². The van der Waals surface area contributed by atoms with Crippen LogP contribution in [0.2, 0.25) is 0 Å². The number of oxazole rings is 1. The van der Waals surface area contributed by atoms with E-state index in [1.807, 2.05) is 68.4 Å². The van der Waals surface area contributed by atoms with E-state index in [0.29, 0.717) is 18.7 Å². The number of rotatable bonds is 6. The molecule has 4 aromatic rings. The number of hydrogen-bond acceptors (Lipinski definition) is 4. The SMILES string of the molecule is Cc1ccc(-c2cnc(CCC(=O)N(C)C(C)c3cc4ccccc4o3)o2)cc1. The number of amides is 1. The molecule has 0 bridgehead atoms. The first-order valence-electron chi connectivity index (χ1n) is 9.77. The molecule has 0 radical (unpaired) electrons. The van der Waals surface area contributed by atoms with Crippen molar-refractivity contribution in [3.05, 3.63) is 78.0 Å². The van der Waals surface area contributed by atoms with Crippen molar-refractivity contribution in [1.29, 1.82) is 0 Å². The monoisotopic (exact) mass is 388 g/mol. The quantitative estimate of drug-likeness (QED) is 0.435. The maximum absolute atomic E-state index is 12.7. The largest absolute Gasteiger partial charge is 0.459 e. The number of nitrogens with zero attached hydrogens (tertiary/aromatic N) is 2. The van der Waals surface area contributed by atoms with E-state index >= 15 is 0 Å². The summed E-state index contributed by atoms with van der Waals surface area (Å²) < 4.78 is 11.7. The van der Waals surface area contributed by atoms with E-state index in [-0.39, 0.29) is 11.9 Å². The fourth-order valence-corrected chi connectivity index (χ4v) is 3.28. The van der Waals surface area contributed by atoms with Crippen LogP contribution in [0.5, 0.6) is 0 Å². The van der Waals surface area contributed by atoms with Crippen LogP contribution in [0.3, 0.4) is 0 Å². The molecule has 0 saturated heterocycles. The number of aromatic nitrogens is 1. The molecule has 5 heteroatoms. The molecular formula is C24H24N2O3. The molecule has 2 aromatic carbocycles. The Labute approximate surface area is 170 Å². The zero-order chi connectivity index (χ0) is 20.4. The Bertz CT molecular complexity index is 1090. The molecule has 2 heterocycles. The second kappa shape index (κ2) is 7.95. The van der Waals surface area contributed by atoms with Gasteiger partial charge in [0.2, 0.25) is 5.91 Å². The Morgan fingerprint density at radius 1 is 1.10 bits per heavy atom. The summed E-state index contributed by atoms with van der Waals surface area (Å²) in [6.45, 7) is 4.01. The summed E-state index contributed by atoms with van der Waals surface area (Å²) in [6.07, 6.45) is 2.50. The van der Waals surface area contributed by atoms with E-state index in [2.05, 4.69) is 4.98 Å². The van der Waals surface area contributed by atoms with Crippen LogP contribution in [0.4, 0.5) is 0 Å². The third-order valence-corrected chi connectivity index (χ3v) is 5.27. The molecule has 148 valence electrons. The molecule has 5 nitrogen and oxygen atoms in total. The molecule has 0 aliphatic rings. The summed E-state index contributed by atoms with van der Waals surface area (Å²) in [6, 6.07) is 17.8. The Morgan fingerprint density at radius 3 is 2.62 bits per heavy atom. The Balaban J connectivity index is 1.38. The van der Waals surface area contributed by atoms with Crippen LogP contribution in [0.15, 0.2) is 69.6 Å². The van der Waals surface area contributed by atoms with Gasteiger partial charge in [-0.3, -0.25) is 4.79 Å². The first kappa shape index (κ1) is 19.0. The highest BCUT2D eigenvalue weighted by Gasteiger charge is 2.21. The van der Waals surface area contributed by atoms with E-state index in [4.69, 9.17) is 8.83 Å². The number of aryl methyl sites for hydroxylation is 2. The van der Waals surface area contributed by atoms with Crippen molar-refractivity contribution < 1.29 is 13.6 Å². The van der Waals surface area contributed by atoms with Gasteiger partial charge in [0.05, 0.1) is 12.2 Å². The second-order valence-corrected chi connectivity index (χ2v) is 7.35. The number of hydrogen-bond donors (Lipinski definition) is 0. The zero-order valence-corrected chi connectivity index (χ0v) is 16.9. The Hall–Kier alpha value is -3.34. The maximum Gasteiger partial charge on any atom is 0.223 e. The van der Waals surface area contributed by atoms with Gasteiger partial charge in [0.15, 0.2) is 11.7 Å². The summed E-state index contributed by atoms with van der Waals surface area (Å²) in [5.41, 5.74) is 3.01. The lowest BCUT2D eigenvalue weighted by Gasteiger charge is -2.23. The standard InChI is InChI=1S/C24H24N2O3/c1-16-8-10-18(11-9-16)22-15-25-23(29-22)12-13-24(27)26(3)17(2)21-14-19-6-4-5-7-20(19)28-21/h4-11,14-15,17H,12-13H2,1-3H3. The third-order valence-electron chi connectivity index (χ3n) is 5.27. The number of benzene rings is 2. The Morgan fingerprint density at radius 2 is 1.86 bits per heavy atom. The van der Waals surface area contributed by atoms with Gasteiger partial charge in [-0.05, 0) is 26.0 Å². The van der Waals surface area contributed by atoms with Crippen LogP contribution in [-0.2, 0) is 11.2 Å². The average Bonchev–Trinajstić information content (AvgIpc) is 3.38. The van der Waals surface area contributed by atoms with Gasteiger partial charge in [0.25, 0.3) is 0 Å². The third kappa shape index (κ3) is 4.09. The zero-order valence-electron chi connectivity index (χ0n) is 16.9. The molecule has 0 aliphatic carbocycles. The topological polar surface area (TPSA) is 59.5 Å². The molecule has 0 aliphatic heterocycles. The number of carbonyl (C=O) groups is 1. The summed E-state index contributed by atoms with van der Waals surface area (Å²) in [5, 5.41) is 1.04. The van der Waals surface area contributed by atoms with Gasteiger partial charge in [-0.1, -0.05) is 48.0 Å². The molecule has 2 aromatic heterocycles. The van der Waals surface area contributed by atoms with Gasteiger partial charge in [0, 0.05) is 30.8 Å². The maximum atomic E-state index is 12.7. The molecule has 0 spiro atoms. The normalized spacial score (nSPS) is 12.2. The molecule has 1 unspecified atom stereocenters. The predicted octanol–water partition coefficient (Wildman–Crippen LogP) is 5.55. The number of carbonyl (C=O) groups excluding carboxylic acids is 1. The summed E-state index contributed by atoms with van der Waals surface area (Å²) >= 11 is 0. The fraction of sp³-hybridized carbons (Fsp3) is 0.250. The minimum atomic E-state index is -0.150. The number of furan rings is 1. The smallest absolute Gasteiger partial charge is 0.223 e. The lowest BCUT2D eigenvalue weighted by molar-refractivity contribution is -0.132. The summed E-state index contributed by atoms with van der Waals surface area (Å²) in [7, 11) is 1.80. The van der Waals surface area contributed by atoms with Crippen molar-refractivity contribution in [2.75, 3.05) is 7.05 Å². The first-order chi connectivity index (χ1) is 14.0. The van der Waals surface area contributed by atoms with Gasteiger partial charge < -0.3 is 13.7 Å². The van der Waals surface area contributed by atoms with E-state index in [9.17, 15) is 4.79 Å². The number of fused-ring (bicyclic) bond motifs is 1. The van der Waals surface area contributed by atoms with Crippen LogP contribution in [0.25, 0.3) is 22.3 Å². The van der Waals surface area contributed by atoms with Gasteiger partial charge >= 0.3 is 0 Å². The molecule has 1 amide bonds. The van der Waals surface area contributed by atoms with Gasteiger partial charge in [-0.2, -0.15) is 0 Å². The Kier molecular flexibility index (Phi) is 5.21. The van der Waals surface area contributed by atoms with Crippen molar-refractivity contribution >= 4 is 16.9 Å². The number of para-hydroxylation sites is 1. The lowest BCUT2D eigenvalue weighted by atomic mass is 10.1. The van der Waals surface area contributed by atoms with Gasteiger partial charge in [-0.25, -0.2) is 4.98 Å². The van der Waals surface area contributed by atoms with Crippen molar-refractivity contribution in [1.82, 2.24) is 9.88 Å². The first-order valence-corrected chi connectivity index (χ1v) is 9.77. The lowest BCUT2D eigenvalue weighted by Crippen LogP contribution is -2.29. The molecule has 0 N–H and O–H groups in total. The van der Waals surface area contributed by atoms with E-state index in [1.165, 1.54) is 5.56 Å². The molecule has 29 heavy (non-hydrogen) atoms. The summed E-state index contributed by atoms with van der Waals surface area (Å²) in [4.78, 5) is 18.7. The van der Waals surface area contributed by atoms with Crippen molar-refractivity contribution in [2.24, 2.45) is 0 Å². The second-order valence-electron chi connectivity index (χ2n) is 7.35. The highest BCUT2D eigenvalue weighted by atomic mass is 16.4. The van der Waals surface area contributed by atoms with Gasteiger partial charge in [-0.15, -0.1) is 0 Å². The highest BCUT2D eigenvalue weighted by Crippen LogP contribution is 2.27. The minimum Gasteiger partial charge on any atom is -0.459 e. The van der Waals surface area contributed by atoms with E-state index < -0.39 is 0 Å². The average molecular weight is 388 g/mol. The van der Waals surface area contributed by atoms with Crippen LogP contribution in [-0.4, -0.2) is 22.8 Å². The fourth-order valence-electron chi connectivity index (χ4n) is 3.28. The van der Waals surface area contributed by atoms with Crippen LogP contribution >= 0.6 is 0 Å². The van der Waals surface area contributed by atoms with Crippen LogP contribution in [0, 0.1) is 6.92 Å². The van der Waals surface area contributed by atoms with Crippen molar-refractivity contribution in [3.63, 3.8) is 0 Å². The molecule has 0 saturated carbocycles. The minimum absolute atomic E-state index is 0.0213. The molecule has 4 rings (SSSR count). The van der Waals surface area contributed by atoms with Crippen LogP contribution in [0.1, 0.15) is 36.6 Å².